The number of hydrogen-bond donors (Lipinski definition) is 6. The van der Waals surface area contributed by atoms with E-state index in [1.54, 1.807) is 0 Å². The number of hydrogen-bond acceptors (Lipinski definition) is 8. The van der Waals surface area contributed by atoms with Crippen molar-refractivity contribution in [3.8, 4) is 0 Å². The average Bonchev–Trinajstić information content (AvgIpc) is 3.13. The molecule has 0 spiro atoms. The number of rotatable bonds is 36. The number of aliphatic hydroxyl groups excluding tert-OH is 5. The first-order valence-corrected chi connectivity index (χ1v) is 21.7. The highest BCUT2D eigenvalue weighted by Crippen LogP contribution is 2.23. The molecule has 7 atom stereocenters. The first kappa shape index (κ1) is 48.2. The zero-order valence-corrected chi connectivity index (χ0v) is 33.1. The topological polar surface area (TPSA) is 149 Å². The van der Waals surface area contributed by atoms with Crippen molar-refractivity contribution < 1.29 is 39.8 Å². The predicted molar refractivity (Wildman–Crippen MR) is 208 cm³/mol. The van der Waals surface area contributed by atoms with Crippen LogP contribution in [0.15, 0.2) is 0 Å². The van der Waals surface area contributed by atoms with Crippen molar-refractivity contribution >= 4 is 5.91 Å². The monoisotopic (exact) mass is 730 g/mol. The van der Waals surface area contributed by atoms with Gasteiger partial charge in [-0.3, -0.25) is 4.79 Å². The molecule has 0 bridgehead atoms. The molecule has 1 saturated heterocycles. The minimum Gasteiger partial charge on any atom is -0.394 e. The second kappa shape index (κ2) is 33.7. The summed E-state index contributed by atoms with van der Waals surface area (Å²) in [5.74, 6) is -0.142. The Morgan fingerprint density at radius 3 is 1.39 bits per heavy atom. The normalized spacial score (nSPS) is 21.9. The number of unbranched alkanes of at least 4 members (excludes halogenated alkanes) is 26. The smallest absolute Gasteiger partial charge is 0.220 e. The third-order valence-corrected chi connectivity index (χ3v) is 10.7. The van der Waals surface area contributed by atoms with Crippen LogP contribution < -0.4 is 5.32 Å². The predicted octanol–water partition coefficient (Wildman–Crippen LogP) is 8.39. The lowest BCUT2D eigenvalue weighted by Crippen LogP contribution is -2.60. The molecule has 9 nitrogen and oxygen atoms in total. The van der Waals surface area contributed by atoms with Gasteiger partial charge in [-0.15, -0.1) is 0 Å². The summed E-state index contributed by atoms with van der Waals surface area (Å²) < 4.78 is 11.2. The van der Waals surface area contributed by atoms with Crippen LogP contribution in [0.1, 0.15) is 206 Å². The summed E-state index contributed by atoms with van der Waals surface area (Å²) in [4.78, 5) is 12.9. The Morgan fingerprint density at radius 1 is 0.588 bits per heavy atom. The van der Waals surface area contributed by atoms with Gasteiger partial charge in [-0.05, 0) is 12.8 Å². The van der Waals surface area contributed by atoms with Gasteiger partial charge in [0, 0.05) is 6.42 Å². The maximum absolute atomic E-state index is 12.9. The molecule has 1 fully saturated rings. The van der Waals surface area contributed by atoms with Crippen molar-refractivity contribution in [2.45, 2.75) is 249 Å². The van der Waals surface area contributed by atoms with Crippen molar-refractivity contribution in [2.24, 2.45) is 0 Å². The molecule has 1 rings (SSSR count). The number of aliphatic hydroxyl groups is 5. The van der Waals surface area contributed by atoms with E-state index in [0.29, 0.717) is 12.8 Å². The van der Waals surface area contributed by atoms with E-state index in [1.165, 1.54) is 141 Å². The van der Waals surface area contributed by atoms with Crippen LogP contribution in [0.5, 0.6) is 0 Å². The van der Waals surface area contributed by atoms with Gasteiger partial charge in [0.2, 0.25) is 5.91 Å². The summed E-state index contributed by atoms with van der Waals surface area (Å²) in [6.45, 7) is 3.83. The number of nitrogens with one attached hydrogen (secondary N) is 1. The van der Waals surface area contributed by atoms with Crippen molar-refractivity contribution in [1.29, 1.82) is 0 Å². The molecule has 0 radical (unpaired) electrons. The van der Waals surface area contributed by atoms with Gasteiger partial charge in [-0.25, -0.2) is 0 Å². The molecule has 304 valence electrons. The molecule has 2 unspecified atom stereocenters. The van der Waals surface area contributed by atoms with E-state index >= 15 is 0 Å². The summed E-state index contributed by atoms with van der Waals surface area (Å²) in [6.07, 6.45) is 28.1. The second-order valence-corrected chi connectivity index (χ2v) is 15.5. The molecule has 51 heavy (non-hydrogen) atoms. The van der Waals surface area contributed by atoms with Gasteiger partial charge in [0.25, 0.3) is 0 Å². The number of carbonyl (C=O) groups excluding carboxylic acids is 1. The molecule has 1 aliphatic rings. The van der Waals surface area contributed by atoms with E-state index in [2.05, 4.69) is 19.2 Å². The quantitative estimate of drug-likeness (QED) is 0.0353. The van der Waals surface area contributed by atoms with Crippen molar-refractivity contribution in [2.75, 3.05) is 13.2 Å². The summed E-state index contributed by atoms with van der Waals surface area (Å²) in [5, 5.41) is 54.2. The standard InChI is InChI=1S/C42H83NO8/c1-3-5-7-9-11-13-15-17-19-21-23-25-27-29-31-36(45)35(34-50-42-41(49)40(48)39(47)37(33-44)51-42)43-38(46)32-30-28-26-24-22-20-18-16-14-12-10-8-6-4-2/h35-37,39-42,44-45,47-49H,3-34H2,1-2H3,(H,43,46)/t35-,36+,37-,39-,40?,41?,42-/m0/s1. The first-order valence-electron chi connectivity index (χ1n) is 21.7. The molecule has 0 saturated carbocycles. The highest BCUT2D eigenvalue weighted by molar-refractivity contribution is 5.76. The fraction of sp³-hybridized carbons (Fsp3) is 0.976. The van der Waals surface area contributed by atoms with Crippen molar-refractivity contribution in [3.63, 3.8) is 0 Å². The van der Waals surface area contributed by atoms with Crippen LogP contribution in [0.2, 0.25) is 0 Å². The number of amides is 1. The summed E-state index contributed by atoms with van der Waals surface area (Å²) >= 11 is 0. The molecule has 1 aliphatic heterocycles. The zero-order chi connectivity index (χ0) is 37.4. The van der Waals surface area contributed by atoms with Gasteiger partial charge in [0.1, 0.15) is 24.4 Å². The van der Waals surface area contributed by atoms with Gasteiger partial charge in [-0.1, -0.05) is 187 Å². The van der Waals surface area contributed by atoms with Crippen LogP contribution in [0.4, 0.5) is 0 Å². The van der Waals surface area contributed by atoms with E-state index in [9.17, 15) is 30.3 Å². The fourth-order valence-electron chi connectivity index (χ4n) is 7.16. The van der Waals surface area contributed by atoms with E-state index in [4.69, 9.17) is 9.47 Å². The Hall–Kier alpha value is -0.810. The highest BCUT2D eigenvalue weighted by Gasteiger charge is 2.44. The van der Waals surface area contributed by atoms with E-state index in [-0.39, 0.29) is 12.5 Å². The van der Waals surface area contributed by atoms with Crippen LogP contribution >= 0.6 is 0 Å². The molecule has 1 heterocycles. The molecule has 0 aromatic rings. The third-order valence-electron chi connectivity index (χ3n) is 10.7. The number of ether oxygens (including phenoxy) is 2. The van der Waals surface area contributed by atoms with Crippen molar-refractivity contribution in [3.05, 3.63) is 0 Å². The SMILES string of the molecule is CCCCCCCCCCCCCCCCC(=O)N[C@@H](CO[C@H]1O[C@@H](CO)[C@H](O)C(O)C1O)[C@H](O)CCCCCCCCCCCCCCCC. The van der Waals surface area contributed by atoms with E-state index < -0.39 is 49.5 Å². The maximum Gasteiger partial charge on any atom is 0.220 e. The molecule has 0 aromatic heterocycles. The molecule has 0 aromatic carbocycles. The summed E-state index contributed by atoms with van der Waals surface area (Å²) in [7, 11) is 0. The lowest BCUT2D eigenvalue weighted by Gasteiger charge is -2.40. The van der Waals surface area contributed by atoms with Crippen LogP contribution in [-0.4, -0.2) is 87.5 Å². The molecule has 9 heteroatoms. The molecule has 1 amide bonds. The summed E-state index contributed by atoms with van der Waals surface area (Å²) in [6, 6.07) is -0.710. The summed E-state index contributed by atoms with van der Waals surface area (Å²) in [5.41, 5.74) is 0. The largest absolute Gasteiger partial charge is 0.394 e. The Bertz CT molecular complexity index is 771. The lowest BCUT2D eigenvalue weighted by molar-refractivity contribution is -0.302. The van der Waals surface area contributed by atoms with Gasteiger partial charge in [0.15, 0.2) is 6.29 Å². The van der Waals surface area contributed by atoms with E-state index in [1.807, 2.05) is 0 Å². The minimum absolute atomic E-state index is 0.132. The molecule has 6 N–H and O–H groups in total. The van der Waals surface area contributed by atoms with Gasteiger partial charge in [-0.2, -0.15) is 0 Å². The van der Waals surface area contributed by atoms with E-state index in [0.717, 1.165) is 38.5 Å². The minimum atomic E-state index is -1.55. The van der Waals surface area contributed by atoms with Crippen LogP contribution in [0, 0.1) is 0 Å². The second-order valence-electron chi connectivity index (χ2n) is 15.5. The van der Waals surface area contributed by atoms with Gasteiger partial charge >= 0.3 is 0 Å². The fourth-order valence-corrected chi connectivity index (χ4v) is 7.16. The lowest BCUT2D eigenvalue weighted by atomic mass is 9.99. The Morgan fingerprint density at radius 2 is 0.980 bits per heavy atom. The average molecular weight is 730 g/mol. The first-order chi connectivity index (χ1) is 24.8. The molecular weight excluding hydrogens is 646 g/mol. The third kappa shape index (κ3) is 25.0. The molecular formula is C42H83NO8. The maximum atomic E-state index is 12.9. The molecule has 0 aliphatic carbocycles. The van der Waals surface area contributed by atoms with Gasteiger partial charge < -0.3 is 40.3 Å². The van der Waals surface area contributed by atoms with Gasteiger partial charge in [0.05, 0.1) is 25.4 Å². The van der Waals surface area contributed by atoms with Crippen LogP contribution in [-0.2, 0) is 14.3 Å². The Balaban J connectivity index is 2.35. The zero-order valence-electron chi connectivity index (χ0n) is 33.1. The van der Waals surface area contributed by atoms with Crippen LogP contribution in [0.25, 0.3) is 0 Å². The van der Waals surface area contributed by atoms with Crippen LogP contribution in [0.3, 0.4) is 0 Å². The number of carbonyl (C=O) groups is 1. The van der Waals surface area contributed by atoms with Crippen molar-refractivity contribution in [1.82, 2.24) is 5.32 Å². The highest BCUT2D eigenvalue weighted by atomic mass is 16.7. The Kier molecular flexibility index (Phi) is 31.9. The Labute approximate surface area is 313 Å².